The quantitative estimate of drug-likeness (QED) is 0.143. The number of hydrogen-bond acceptors (Lipinski definition) is 0. The fourth-order valence-electron chi connectivity index (χ4n) is 13.9. The molecule has 1 aromatic heterocycles. The highest BCUT2D eigenvalue weighted by Gasteiger charge is 2.36. The Kier molecular flexibility index (Phi) is 11.8. The fraction of sp³-hybridized carbons (Fsp3) is 0.0602. The van der Waals surface area contributed by atoms with Crippen molar-refractivity contribution < 1.29 is 0 Å². The third kappa shape index (κ3) is 8.38. The van der Waals surface area contributed by atoms with Crippen LogP contribution in [0.15, 0.2) is 291 Å². The van der Waals surface area contributed by atoms with E-state index in [0.29, 0.717) is 0 Å². The third-order valence-corrected chi connectivity index (χ3v) is 18.4. The van der Waals surface area contributed by atoms with Gasteiger partial charge in [0.1, 0.15) is 0 Å². The average molecular weight is 1070 g/mol. The number of fused-ring (bicyclic) bond motifs is 9. The summed E-state index contributed by atoms with van der Waals surface area (Å²) in [5.41, 5.74) is 28.7. The summed E-state index contributed by atoms with van der Waals surface area (Å²) >= 11 is 0. The molecule has 0 N–H and O–H groups in total. The van der Waals surface area contributed by atoms with Crippen LogP contribution in [0.3, 0.4) is 0 Å². The van der Waals surface area contributed by atoms with Crippen LogP contribution in [-0.2, 0) is 11.8 Å². The highest BCUT2D eigenvalue weighted by atomic mass is 15.0. The minimum atomic E-state index is -0.213. The molecule has 0 fully saturated rings. The molecule has 0 atom stereocenters. The van der Waals surface area contributed by atoms with E-state index < -0.39 is 0 Å². The summed E-state index contributed by atoms with van der Waals surface area (Å²) in [4.78, 5) is 0. The molecule has 84 heavy (non-hydrogen) atoms. The van der Waals surface area contributed by atoms with Crippen LogP contribution in [0.4, 0.5) is 0 Å². The number of allylic oxidation sites excluding steroid dienone is 9. The summed E-state index contributed by atoms with van der Waals surface area (Å²) in [5.74, 6) is 0. The summed E-state index contributed by atoms with van der Waals surface area (Å²) in [5, 5.41) is 7.55. The second-order valence-electron chi connectivity index (χ2n) is 23.5. The maximum absolute atomic E-state index is 2.50. The van der Waals surface area contributed by atoms with Gasteiger partial charge in [-0.25, -0.2) is 0 Å². The van der Waals surface area contributed by atoms with Gasteiger partial charge in [-0.1, -0.05) is 269 Å². The Morgan fingerprint density at radius 3 is 1.50 bits per heavy atom. The first-order valence-corrected chi connectivity index (χ1v) is 29.6. The second-order valence-corrected chi connectivity index (χ2v) is 23.5. The largest absolute Gasteiger partial charge is 0.309 e. The van der Waals surface area contributed by atoms with Gasteiger partial charge in [-0.3, -0.25) is 0 Å². The smallest absolute Gasteiger partial charge is 0.0541 e. The lowest BCUT2D eigenvalue weighted by atomic mass is 9.81. The van der Waals surface area contributed by atoms with Crippen LogP contribution in [-0.4, -0.2) is 4.57 Å². The molecule has 13 aromatic rings. The summed E-state index contributed by atoms with van der Waals surface area (Å²) in [7, 11) is 0. The Hall–Kier alpha value is -10.3. The number of benzene rings is 12. The van der Waals surface area contributed by atoms with E-state index >= 15 is 0 Å². The predicted octanol–water partition coefficient (Wildman–Crippen LogP) is 22.3. The highest BCUT2D eigenvalue weighted by Crippen LogP contribution is 2.51. The van der Waals surface area contributed by atoms with Gasteiger partial charge in [0.15, 0.2) is 0 Å². The molecular weight excluding hydrogens is 1010 g/mol. The number of aromatic nitrogens is 1. The van der Waals surface area contributed by atoms with Crippen molar-refractivity contribution in [3.8, 4) is 72.4 Å². The molecule has 0 saturated carbocycles. The second kappa shape index (κ2) is 20.0. The van der Waals surface area contributed by atoms with Crippen molar-refractivity contribution in [3.63, 3.8) is 0 Å². The Morgan fingerprint density at radius 1 is 0.333 bits per heavy atom. The molecule has 12 aromatic carbocycles. The van der Waals surface area contributed by atoms with Crippen LogP contribution in [0.2, 0.25) is 0 Å². The molecule has 1 heterocycles. The van der Waals surface area contributed by atoms with Crippen molar-refractivity contribution >= 4 is 60.6 Å². The summed E-state index contributed by atoms with van der Waals surface area (Å²) in [6.07, 6.45) is 19.9. The lowest BCUT2D eigenvalue weighted by Crippen LogP contribution is -2.15. The van der Waals surface area contributed by atoms with Gasteiger partial charge in [-0.15, -0.1) is 0 Å². The first-order chi connectivity index (χ1) is 41.4. The van der Waals surface area contributed by atoms with Gasteiger partial charge in [-0.2, -0.15) is 0 Å². The van der Waals surface area contributed by atoms with Gasteiger partial charge in [0.05, 0.1) is 11.0 Å². The zero-order chi connectivity index (χ0) is 55.9. The summed E-state index contributed by atoms with van der Waals surface area (Å²) < 4.78 is 2.50. The van der Waals surface area contributed by atoms with Crippen LogP contribution >= 0.6 is 0 Å². The third-order valence-electron chi connectivity index (χ3n) is 18.4. The van der Waals surface area contributed by atoms with Gasteiger partial charge in [-0.05, 0) is 188 Å². The lowest BCUT2D eigenvalue weighted by Gasteiger charge is -2.23. The monoisotopic (exact) mass is 1070 g/mol. The van der Waals surface area contributed by atoms with Crippen LogP contribution in [0.5, 0.6) is 0 Å². The van der Waals surface area contributed by atoms with Crippen molar-refractivity contribution in [1.29, 1.82) is 0 Å². The van der Waals surface area contributed by atoms with E-state index in [0.717, 1.165) is 12.8 Å². The van der Waals surface area contributed by atoms with E-state index in [1.54, 1.807) is 0 Å². The van der Waals surface area contributed by atoms with Crippen LogP contribution in [0, 0.1) is 0 Å². The molecule has 16 rings (SSSR count). The molecule has 0 spiro atoms. The van der Waals surface area contributed by atoms with Gasteiger partial charge >= 0.3 is 0 Å². The van der Waals surface area contributed by atoms with Gasteiger partial charge < -0.3 is 4.57 Å². The molecule has 0 bridgehead atoms. The first kappa shape index (κ1) is 49.5. The maximum Gasteiger partial charge on any atom is 0.0541 e. The van der Waals surface area contributed by atoms with Crippen LogP contribution in [0.1, 0.15) is 53.6 Å². The SMILES string of the molecule is CC1(C)c2cc(-c3cccc4ccccc34)ccc2-c2ccc(-n3c4ccc(-c5ccc(C6=CC=C(c7cccc8c7C=CC=CC8)C=CC6)cc5)cc4c4cc(-c5ccc(-c6ccc(-c7cccc8ccccc78)cc6)cc5)ccc43)cc21. The Bertz CT molecular complexity index is 4980. The Morgan fingerprint density at radius 2 is 0.845 bits per heavy atom. The molecule has 396 valence electrons. The summed E-state index contributed by atoms with van der Waals surface area (Å²) in [6.45, 7) is 4.81. The zero-order valence-corrected chi connectivity index (χ0v) is 47.2. The van der Waals surface area contributed by atoms with Crippen molar-refractivity contribution in [1.82, 2.24) is 4.57 Å². The molecule has 0 amide bonds. The molecule has 0 aliphatic heterocycles. The van der Waals surface area contributed by atoms with Crippen LogP contribution in [0.25, 0.3) is 133 Å². The van der Waals surface area contributed by atoms with Crippen molar-refractivity contribution in [2.45, 2.75) is 32.1 Å². The molecule has 1 nitrogen and oxygen atoms in total. The van der Waals surface area contributed by atoms with E-state index in [2.05, 4.69) is 316 Å². The number of rotatable bonds is 8. The minimum absolute atomic E-state index is 0.213. The van der Waals surface area contributed by atoms with E-state index in [9.17, 15) is 0 Å². The minimum Gasteiger partial charge on any atom is -0.309 e. The van der Waals surface area contributed by atoms with Gasteiger partial charge in [0.2, 0.25) is 0 Å². The van der Waals surface area contributed by atoms with E-state index in [1.807, 2.05) is 0 Å². The maximum atomic E-state index is 2.50. The molecule has 1 heteroatoms. The standard InChI is InChI=1S/C83H59N/c1-83(2)79-52-67(74-27-13-21-62-16-7-9-24-71(62)74)42-46-75(79)76-47-45-68(53-80(76)83)84-81-48-43-65(58-32-28-55(29-33-58)54-17-10-18-63(39-36-54)72-25-11-19-60-14-4-3-5-22-69(60)72)50-77(81)78-51-66(44-49-82(78)84)59-34-30-56(31-35-59)57-37-40-64(41-38-57)73-26-12-20-61-15-6-8-23-70(61)73/h3-13,15-16,18-53H,14,17H2,1-2H3. The van der Waals surface area contributed by atoms with Gasteiger partial charge in [0.25, 0.3) is 0 Å². The topological polar surface area (TPSA) is 4.93 Å². The van der Waals surface area contributed by atoms with E-state index in [4.69, 9.17) is 0 Å². The number of nitrogens with zero attached hydrogens (tertiary/aromatic N) is 1. The molecule has 0 radical (unpaired) electrons. The predicted molar refractivity (Wildman–Crippen MR) is 359 cm³/mol. The zero-order valence-electron chi connectivity index (χ0n) is 47.2. The van der Waals surface area contributed by atoms with Crippen LogP contribution < -0.4 is 0 Å². The molecule has 0 unspecified atom stereocenters. The Labute approximate surface area is 491 Å². The van der Waals surface area contributed by atoms with Crippen molar-refractivity contribution in [3.05, 3.63) is 325 Å². The average Bonchev–Trinajstić information content (AvgIpc) is 2.36. The van der Waals surface area contributed by atoms with Gasteiger partial charge in [0, 0.05) is 21.9 Å². The first-order valence-electron chi connectivity index (χ1n) is 29.6. The molecular formula is C83H59N. The van der Waals surface area contributed by atoms with E-state index in [1.165, 1.54) is 160 Å². The molecule has 3 aliphatic carbocycles. The molecule has 0 saturated heterocycles. The summed E-state index contributed by atoms with van der Waals surface area (Å²) in [6, 6.07) is 93.2. The molecule has 3 aliphatic rings. The fourth-order valence-corrected chi connectivity index (χ4v) is 13.9. The number of hydrogen-bond donors (Lipinski definition) is 0. The Balaban J connectivity index is 0.761. The van der Waals surface area contributed by atoms with Crippen molar-refractivity contribution in [2.24, 2.45) is 0 Å². The normalized spacial score (nSPS) is 14.1. The lowest BCUT2D eigenvalue weighted by molar-refractivity contribution is 0.660. The highest BCUT2D eigenvalue weighted by molar-refractivity contribution is 6.12. The van der Waals surface area contributed by atoms with E-state index in [-0.39, 0.29) is 5.41 Å². The van der Waals surface area contributed by atoms with Crippen molar-refractivity contribution in [2.75, 3.05) is 0 Å².